The Morgan fingerprint density at radius 1 is 0.933 bits per heavy atom. The predicted molar refractivity (Wildman–Crippen MR) is 128 cm³/mol. The van der Waals surface area contributed by atoms with Crippen molar-refractivity contribution in [2.75, 3.05) is 37.4 Å². The lowest BCUT2D eigenvalue weighted by Crippen LogP contribution is -2.36. The molecule has 2 amide bonds. The highest BCUT2D eigenvalue weighted by atomic mass is 32.2. The molecule has 3 aromatic carbocycles. The number of fused-ring (bicyclic) bond motifs is 1. The fraction of sp³-hybridized carbons (Fsp3) is 0.227. The molecule has 0 unspecified atom stereocenters. The first-order chi connectivity index (χ1) is 14.3. The molecule has 0 aliphatic carbocycles. The van der Waals surface area contributed by atoms with E-state index in [-0.39, 0.29) is 28.3 Å². The molecule has 3 rings (SSSR count). The molecule has 0 atom stereocenters. The number of amides is 2. The number of sulfonamides is 1. The zero-order chi connectivity index (χ0) is 21.7. The largest absolute Gasteiger partial charge is 0.377 e. The third-order valence-electron chi connectivity index (χ3n) is 4.64. The van der Waals surface area contributed by atoms with Crippen LogP contribution < -0.4 is 20.3 Å². The normalized spacial score (nSPS) is 11.3. The minimum Gasteiger partial charge on any atom is -0.377 e. The number of anilines is 2. The lowest BCUT2D eigenvalue weighted by atomic mass is 10.1. The number of nitrogens with zero attached hydrogens (tertiary/aromatic N) is 1. The molecule has 3 N–H and O–H groups in total. The molecule has 8 heteroatoms. The average Bonchev–Trinajstić information content (AvgIpc) is 2.72. The molecule has 0 aliphatic heterocycles. The molecule has 0 saturated heterocycles. The molecule has 30 heavy (non-hydrogen) atoms. The number of hydrogen-bond donors (Lipinski definition) is 3. The lowest BCUT2D eigenvalue weighted by molar-refractivity contribution is 0.252. The van der Waals surface area contributed by atoms with E-state index < -0.39 is 10.0 Å². The second-order valence-electron chi connectivity index (χ2n) is 7.17. The molecule has 7 nitrogen and oxygen atoms in total. The van der Waals surface area contributed by atoms with Gasteiger partial charge in [0.25, 0.3) is 0 Å². The lowest BCUT2D eigenvalue weighted by Gasteiger charge is -2.17. The number of aryl methyl sites for hydroxylation is 1. The maximum atomic E-state index is 12.8. The Labute approximate surface area is 181 Å². The number of nitrogens with one attached hydrogen (secondary N) is 3. The second kappa shape index (κ2) is 9.15. The van der Waals surface area contributed by atoms with E-state index >= 15 is 0 Å². The fourth-order valence-corrected chi connectivity index (χ4v) is 4.39. The van der Waals surface area contributed by atoms with E-state index in [0.29, 0.717) is 11.1 Å². The summed E-state index contributed by atoms with van der Waals surface area (Å²) < 4.78 is 28.2. The van der Waals surface area contributed by atoms with E-state index in [1.165, 1.54) is 0 Å². The number of benzene rings is 3. The van der Waals surface area contributed by atoms with Gasteiger partial charge in [0.05, 0.1) is 4.90 Å². The highest BCUT2D eigenvalue weighted by Gasteiger charge is 2.18. The quantitative estimate of drug-likeness (QED) is 0.491. The molecule has 0 aliphatic rings. The summed E-state index contributed by atoms with van der Waals surface area (Å²) in [5.74, 6) is 0. The highest BCUT2D eigenvalue weighted by Crippen LogP contribution is 2.29. The maximum absolute atomic E-state index is 12.8. The summed E-state index contributed by atoms with van der Waals surface area (Å²) in [4.78, 5) is 14.1. The van der Waals surface area contributed by atoms with Gasteiger partial charge >= 0.3 is 6.03 Å². The third kappa shape index (κ3) is 5.08. The average molecular weight is 433 g/mol. The van der Waals surface area contributed by atoms with Gasteiger partial charge in [-0.3, -0.25) is 0 Å². The minimum atomic E-state index is -3.73. The van der Waals surface area contributed by atoms with Gasteiger partial charge in [0.15, 0.2) is 0 Å². The van der Waals surface area contributed by atoms with Gasteiger partial charge in [0, 0.05) is 53.6 Å². The molecule has 164 valence electrons. The van der Waals surface area contributed by atoms with E-state index in [1.54, 1.807) is 30.3 Å². The van der Waals surface area contributed by atoms with Crippen molar-refractivity contribution in [2.45, 2.75) is 11.8 Å². The van der Waals surface area contributed by atoms with Crippen LogP contribution in [0.1, 0.15) is 9.84 Å². The molecule has 0 heterocycles. The SMILES string of the molecule is Cc1ccc(NC(=O)NCCNS(=O)(=O)c2cccc3c(N(C)C)cccc23)cc1.[HH].[HH].[HH]. The van der Waals surface area contributed by atoms with Crippen LogP contribution in [0.25, 0.3) is 10.8 Å². The summed E-state index contributed by atoms with van der Waals surface area (Å²) in [6, 6.07) is 17.8. The topological polar surface area (TPSA) is 90.5 Å². The number of carbonyl (C=O) groups is 1. The van der Waals surface area contributed by atoms with Crippen LogP contribution in [0.4, 0.5) is 16.2 Å². The molecule has 0 aromatic heterocycles. The molecular formula is C22H32N4O3S. The first-order valence-corrected chi connectivity index (χ1v) is 11.1. The summed E-state index contributed by atoms with van der Waals surface area (Å²) in [5.41, 5.74) is 2.71. The van der Waals surface area contributed by atoms with Gasteiger partial charge in [0.2, 0.25) is 10.0 Å². The smallest absolute Gasteiger partial charge is 0.319 e. The van der Waals surface area contributed by atoms with Crippen molar-refractivity contribution >= 4 is 38.2 Å². The summed E-state index contributed by atoms with van der Waals surface area (Å²) in [5, 5.41) is 6.87. The van der Waals surface area contributed by atoms with Crippen molar-refractivity contribution in [2.24, 2.45) is 0 Å². The Morgan fingerprint density at radius 2 is 1.60 bits per heavy atom. The van der Waals surface area contributed by atoms with Crippen molar-refractivity contribution in [3.05, 3.63) is 66.2 Å². The Hall–Kier alpha value is -3.10. The van der Waals surface area contributed by atoms with Crippen LogP contribution in [-0.4, -0.2) is 41.6 Å². The van der Waals surface area contributed by atoms with Crippen molar-refractivity contribution in [3.8, 4) is 0 Å². The van der Waals surface area contributed by atoms with Gasteiger partial charge in [-0.1, -0.05) is 42.0 Å². The fourth-order valence-electron chi connectivity index (χ4n) is 3.14. The Kier molecular flexibility index (Phi) is 6.59. The summed E-state index contributed by atoms with van der Waals surface area (Å²) in [6.45, 7) is 2.20. The first-order valence-electron chi connectivity index (χ1n) is 9.58. The summed E-state index contributed by atoms with van der Waals surface area (Å²) in [6.07, 6.45) is 0. The van der Waals surface area contributed by atoms with E-state index in [4.69, 9.17) is 0 Å². The van der Waals surface area contributed by atoms with Gasteiger partial charge in [-0.05, 0) is 31.2 Å². The molecule has 0 radical (unpaired) electrons. The Balaban J connectivity index is 0.00000341. The van der Waals surface area contributed by atoms with E-state index in [2.05, 4.69) is 15.4 Å². The molecule has 3 aromatic rings. The third-order valence-corrected chi connectivity index (χ3v) is 6.16. The van der Waals surface area contributed by atoms with Gasteiger partial charge < -0.3 is 15.5 Å². The number of urea groups is 1. The van der Waals surface area contributed by atoms with Gasteiger partial charge in [-0.2, -0.15) is 0 Å². The van der Waals surface area contributed by atoms with E-state index in [1.807, 2.05) is 56.3 Å². The first kappa shape index (κ1) is 21.6. The maximum Gasteiger partial charge on any atom is 0.319 e. The van der Waals surface area contributed by atoms with Crippen molar-refractivity contribution in [3.63, 3.8) is 0 Å². The van der Waals surface area contributed by atoms with Crippen LogP contribution in [-0.2, 0) is 10.0 Å². The van der Waals surface area contributed by atoms with E-state index in [9.17, 15) is 13.2 Å². The Bertz CT molecular complexity index is 1160. The molecule has 0 fully saturated rings. The van der Waals surface area contributed by atoms with Crippen LogP contribution in [0.2, 0.25) is 0 Å². The molecule has 0 spiro atoms. The van der Waals surface area contributed by atoms with Crippen molar-refractivity contribution < 1.29 is 17.5 Å². The second-order valence-corrected chi connectivity index (χ2v) is 8.90. The van der Waals surface area contributed by atoms with Crippen LogP contribution in [0.15, 0.2) is 65.6 Å². The van der Waals surface area contributed by atoms with Crippen LogP contribution >= 0.6 is 0 Å². The van der Waals surface area contributed by atoms with Gasteiger partial charge in [0.1, 0.15) is 0 Å². The monoisotopic (exact) mass is 432 g/mol. The number of hydrogen-bond acceptors (Lipinski definition) is 4. The zero-order valence-electron chi connectivity index (χ0n) is 17.3. The number of rotatable bonds is 7. The summed E-state index contributed by atoms with van der Waals surface area (Å²) >= 11 is 0. The Morgan fingerprint density at radius 3 is 2.30 bits per heavy atom. The van der Waals surface area contributed by atoms with Gasteiger partial charge in [-0.15, -0.1) is 0 Å². The predicted octanol–water partition coefficient (Wildman–Crippen LogP) is 4.05. The van der Waals surface area contributed by atoms with Crippen molar-refractivity contribution in [1.29, 1.82) is 0 Å². The van der Waals surface area contributed by atoms with Crippen LogP contribution in [0.5, 0.6) is 0 Å². The minimum absolute atomic E-state index is 0. The molecule has 0 bridgehead atoms. The van der Waals surface area contributed by atoms with E-state index in [0.717, 1.165) is 16.6 Å². The highest BCUT2D eigenvalue weighted by molar-refractivity contribution is 7.89. The summed E-state index contributed by atoms with van der Waals surface area (Å²) in [7, 11) is 0.105. The number of carbonyl (C=O) groups excluding carboxylic acids is 1. The molecule has 0 saturated carbocycles. The van der Waals surface area contributed by atoms with Crippen molar-refractivity contribution in [1.82, 2.24) is 10.0 Å². The molecular weight excluding hydrogens is 400 g/mol. The van der Waals surface area contributed by atoms with Gasteiger partial charge in [-0.25, -0.2) is 17.9 Å². The van der Waals surface area contributed by atoms with Crippen LogP contribution in [0, 0.1) is 6.92 Å². The standard InChI is InChI=1S/C22H26N4O3S.3H2/c1-16-10-12-17(13-11-16)25-22(27)23-14-15-24-30(28,29)21-9-5-6-18-19(21)7-4-8-20(18)26(2)3;;;/h4-13,24H,14-15H2,1-3H3,(H2,23,25,27);3*1H. The van der Waals surface area contributed by atoms with Crippen LogP contribution in [0.3, 0.4) is 0 Å². The zero-order valence-corrected chi connectivity index (χ0v) is 18.1.